The highest BCUT2D eigenvalue weighted by Gasteiger charge is 2.48. The molecule has 1 heterocycles. The Bertz CT molecular complexity index is 690. The molecule has 2 aliphatic rings. The topological polar surface area (TPSA) is 32.8 Å². The molecule has 2 fully saturated rings. The minimum absolute atomic E-state index is 0.0292. The molecule has 1 aliphatic heterocycles. The van der Waals surface area contributed by atoms with E-state index in [1.165, 1.54) is 0 Å². The highest BCUT2D eigenvalue weighted by Crippen LogP contribution is 2.42. The zero-order valence-electron chi connectivity index (χ0n) is 18.0. The molecule has 29 heavy (non-hydrogen) atoms. The maximum atomic E-state index is 14.5. The van der Waals surface area contributed by atoms with Crippen LogP contribution in [-0.4, -0.2) is 52.6 Å². The molecular weight excluding hydrogens is 374 g/mol. The van der Waals surface area contributed by atoms with E-state index in [0.717, 1.165) is 18.4 Å². The molecule has 1 amide bonds. The number of carbonyl (C=O) groups is 1. The number of benzene rings is 1. The second-order valence-corrected chi connectivity index (χ2v) is 9.54. The van der Waals surface area contributed by atoms with E-state index in [0.29, 0.717) is 26.1 Å². The summed E-state index contributed by atoms with van der Waals surface area (Å²) in [4.78, 5) is 16.5. The summed E-state index contributed by atoms with van der Waals surface area (Å²) in [5.41, 5.74) is 0.572. The van der Waals surface area contributed by atoms with Crippen molar-refractivity contribution in [3.05, 3.63) is 35.9 Å². The summed E-state index contributed by atoms with van der Waals surface area (Å²) in [6.07, 6.45) is 1.74. The molecule has 0 radical (unpaired) electrons. The van der Waals surface area contributed by atoms with Crippen LogP contribution in [0.25, 0.3) is 0 Å². The molecule has 6 heteroatoms. The van der Waals surface area contributed by atoms with E-state index in [-0.39, 0.29) is 24.6 Å². The second kappa shape index (κ2) is 8.58. The van der Waals surface area contributed by atoms with Crippen LogP contribution in [-0.2, 0) is 11.3 Å². The van der Waals surface area contributed by atoms with Crippen molar-refractivity contribution in [3.63, 3.8) is 0 Å². The molecule has 1 aromatic carbocycles. The molecule has 0 aromatic heterocycles. The largest absolute Gasteiger partial charge is 0.444 e. The summed E-state index contributed by atoms with van der Waals surface area (Å²) in [5, 5.41) is 0. The van der Waals surface area contributed by atoms with Crippen molar-refractivity contribution in [1.82, 2.24) is 9.80 Å². The van der Waals surface area contributed by atoms with E-state index in [1.54, 1.807) is 11.8 Å². The molecule has 1 aromatic rings. The molecular formula is C23H34F2N2O2. The van der Waals surface area contributed by atoms with E-state index in [1.807, 2.05) is 51.1 Å². The molecule has 1 saturated carbocycles. The summed E-state index contributed by atoms with van der Waals surface area (Å²) in [6, 6.07) is 9.87. The lowest BCUT2D eigenvalue weighted by Crippen LogP contribution is -2.53. The van der Waals surface area contributed by atoms with Crippen molar-refractivity contribution in [2.75, 3.05) is 13.1 Å². The number of halogens is 2. The maximum absolute atomic E-state index is 14.5. The summed E-state index contributed by atoms with van der Waals surface area (Å²) in [5.74, 6) is -3.34. The lowest BCUT2D eigenvalue weighted by molar-refractivity contribution is -0.119. The Morgan fingerprint density at radius 2 is 1.93 bits per heavy atom. The first-order chi connectivity index (χ1) is 13.6. The second-order valence-electron chi connectivity index (χ2n) is 9.54. The standard InChI is InChI=1S/C23H34F2N2O2/c1-17-20(11-8-13-23(17,24)25)27(15-18-9-6-5-7-10-18)19-12-14-26(16-19)21(28)29-22(2,3)4/h5-7,9-10,17,19-20H,8,11-16H2,1-4H3/t17-,19+,20-/m0/s1. The number of carbonyl (C=O) groups excluding carboxylic acids is 1. The first-order valence-corrected chi connectivity index (χ1v) is 10.7. The van der Waals surface area contributed by atoms with Crippen LogP contribution in [0.2, 0.25) is 0 Å². The smallest absolute Gasteiger partial charge is 0.410 e. The Kier molecular flexibility index (Phi) is 6.51. The number of rotatable bonds is 4. The van der Waals surface area contributed by atoms with E-state index in [2.05, 4.69) is 4.90 Å². The Labute approximate surface area is 173 Å². The minimum atomic E-state index is -2.64. The van der Waals surface area contributed by atoms with E-state index < -0.39 is 17.4 Å². The number of hydrogen-bond acceptors (Lipinski definition) is 3. The van der Waals surface area contributed by atoms with Crippen molar-refractivity contribution in [1.29, 1.82) is 0 Å². The first kappa shape index (κ1) is 22.0. The summed E-state index contributed by atoms with van der Waals surface area (Å²) >= 11 is 0. The van der Waals surface area contributed by atoms with E-state index in [4.69, 9.17) is 4.74 Å². The number of alkyl halides is 2. The Hall–Kier alpha value is -1.69. The third kappa shape index (κ3) is 5.47. The first-order valence-electron chi connectivity index (χ1n) is 10.7. The van der Waals surface area contributed by atoms with Gasteiger partial charge in [0.2, 0.25) is 0 Å². The molecule has 1 aliphatic carbocycles. The van der Waals surface area contributed by atoms with Gasteiger partial charge in [-0.1, -0.05) is 37.3 Å². The van der Waals surface area contributed by atoms with E-state index >= 15 is 0 Å². The van der Waals surface area contributed by atoms with Crippen LogP contribution in [0.4, 0.5) is 13.6 Å². The summed E-state index contributed by atoms with van der Waals surface area (Å²) < 4.78 is 34.5. The van der Waals surface area contributed by atoms with Crippen LogP contribution in [0.1, 0.15) is 58.9 Å². The van der Waals surface area contributed by atoms with Crippen LogP contribution in [0, 0.1) is 5.92 Å². The lowest BCUT2D eigenvalue weighted by atomic mass is 9.81. The summed E-state index contributed by atoms with van der Waals surface area (Å²) in [6.45, 7) is 8.99. The average molecular weight is 409 g/mol. The molecule has 3 atom stereocenters. The zero-order chi connectivity index (χ0) is 21.2. The van der Waals surface area contributed by atoms with Gasteiger partial charge in [-0.3, -0.25) is 4.90 Å². The number of ether oxygens (including phenoxy) is 1. The predicted molar refractivity (Wildman–Crippen MR) is 110 cm³/mol. The molecule has 0 spiro atoms. The van der Waals surface area contributed by atoms with E-state index in [9.17, 15) is 13.6 Å². The van der Waals surface area contributed by atoms with Crippen molar-refractivity contribution in [3.8, 4) is 0 Å². The van der Waals surface area contributed by atoms with Crippen molar-refractivity contribution in [2.24, 2.45) is 5.92 Å². The van der Waals surface area contributed by atoms with Crippen molar-refractivity contribution in [2.45, 2.75) is 83.5 Å². The van der Waals surface area contributed by atoms with Gasteiger partial charge in [0.1, 0.15) is 5.60 Å². The fraction of sp³-hybridized carbons (Fsp3) is 0.696. The van der Waals surface area contributed by atoms with Gasteiger partial charge < -0.3 is 9.64 Å². The average Bonchev–Trinajstić information content (AvgIpc) is 3.12. The van der Waals surface area contributed by atoms with Gasteiger partial charge in [-0.05, 0) is 45.6 Å². The monoisotopic (exact) mass is 408 g/mol. The van der Waals surface area contributed by atoms with Crippen LogP contribution in [0.3, 0.4) is 0 Å². The maximum Gasteiger partial charge on any atom is 0.410 e. The fourth-order valence-electron chi connectivity index (χ4n) is 4.58. The molecule has 0 unspecified atom stereocenters. The van der Waals surface area contributed by atoms with Crippen molar-refractivity contribution >= 4 is 6.09 Å². The molecule has 4 nitrogen and oxygen atoms in total. The summed E-state index contributed by atoms with van der Waals surface area (Å²) in [7, 11) is 0. The van der Waals surface area contributed by atoms with Gasteiger partial charge in [-0.15, -0.1) is 0 Å². The fourth-order valence-corrected chi connectivity index (χ4v) is 4.58. The molecule has 3 rings (SSSR count). The quantitative estimate of drug-likeness (QED) is 0.676. The number of amides is 1. The minimum Gasteiger partial charge on any atom is -0.444 e. The zero-order valence-corrected chi connectivity index (χ0v) is 18.0. The van der Waals surface area contributed by atoms with Gasteiger partial charge in [-0.2, -0.15) is 0 Å². The SMILES string of the molecule is C[C@H]1[C@@H](N(Cc2ccccc2)[C@@H]2CCN(C(=O)OC(C)(C)C)C2)CCCC1(F)F. The Morgan fingerprint density at radius 3 is 2.59 bits per heavy atom. The molecule has 0 bridgehead atoms. The van der Waals surface area contributed by atoms with Gasteiger partial charge in [-0.25, -0.2) is 13.6 Å². The normalized spacial score (nSPS) is 27.3. The highest BCUT2D eigenvalue weighted by molar-refractivity contribution is 5.68. The van der Waals surface area contributed by atoms with Crippen LogP contribution >= 0.6 is 0 Å². The van der Waals surface area contributed by atoms with Crippen LogP contribution in [0.15, 0.2) is 30.3 Å². The van der Waals surface area contributed by atoms with Gasteiger partial charge in [0.15, 0.2) is 0 Å². The highest BCUT2D eigenvalue weighted by atomic mass is 19.3. The Morgan fingerprint density at radius 1 is 1.24 bits per heavy atom. The van der Waals surface area contributed by atoms with Crippen molar-refractivity contribution < 1.29 is 18.3 Å². The number of likely N-dealkylation sites (tertiary alicyclic amines) is 1. The van der Waals surface area contributed by atoms with Crippen LogP contribution < -0.4 is 0 Å². The third-order valence-electron chi connectivity index (χ3n) is 6.17. The predicted octanol–water partition coefficient (Wildman–Crippen LogP) is 5.32. The lowest BCUT2D eigenvalue weighted by Gasteiger charge is -2.45. The Balaban J connectivity index is 1.78. The van der Waals surface area contributed by atoms with Gasteiger partial charge in [0.05, 0.1) is 0 Å². The van der Waals surface area contributed by atoms with Gasteiger partial charge in [0.25, 0.3) is 5.92 Å². The third-order valence-corrected chi connectivity index (χ3v) is 6.17. The number of nitrogens with zero attached hydrogens (tertiary/aromatic N) is 2. The molecule has 1 saturated heterocycles. The molecule has 0 N–H and O–H groups in total. The van der Waals surface area contributed by atoms with Gasteiger partial charge >= 0.3 is 6.09 Å². The number of hydrogen-bond donors (Lipinski definition) is 0. The van der Waals surface area contributed by atoms with Gasteiger partial charge in [0, 0.05) is 44.1 Å². The van der Waals surface area contributed by atoms with Crippen LogP contribution in [0.5, 0.6) is 0 Å². The molecule has 162 valence electrons.